The Bertz CT molecular complexity index is 645. The average Bonchev–Trinajstić information content (AvgIpc) is 2.34. The number of halogens is 4. The van der Waals surface area contributed by atoms with Crippen LogP contribution in [0.1, 0.15) is 16.8 Å². The van der Waals surface area contributed by atoms with Crippen molar-refractivity contribution in [1.82, 2.24) is 4.31 Å². The molecule has 1 aromatic carbocycles. The van der Waals surface area contributed by atoms with E-state index in [1.54, 1.807) is 0 Å². The molecular weight excluding hydrogens is 379 g/mol. The van der Waals surface area contributed by atoms with Crippen LogP contribution < -0.4 is 0 Å². The van der Waals surface area contributed by atoms with Gasteiger partial charge in [0.2, 0.25) is 10.0 Å². The molecule has 10 heteroatoms. The summed E-state index contributed by atoms with van der Waals surface area (Å²) in [5.74, 6) is -1.25. The van der Waals surface area contributed by atoms with Gasteiger partial charge in [0.25, 0.3) is 0 Å². The standard InChI is InChI=1S/C11H11BrF3NO4S/c1-16(5-4-11(13,14)15)21(19,20)9-3-2-7(10(17)18)6-8(9)12/h2-3,6H,4-5H2,1H3,(H,17,18). The van der Waals surface area contributed by atoms with Crippen LogP contribution in [-0.2, 0) is 10.0 Å². The number of hydrogen-bond donors (Lipinski definition) is 1. The molecule has 1 aromatic rings. The lowest BCUT2D eigenvalue weighted by Gasteiger charge is -2.19. The number of aromatic carboxylic acids is 1. The van der Waals surface area contributed by atoms with Crippen LogP contribution in [0.5, 0.6) is 0 Å². The summed E-state index contributed by atoms with van der Waals surface area (Å²) in [5, 5.41) is 8.78. The Hall–Kier alpha value is -1.13. The second kappa shape index (κ2) is 6.32. The molecule has 0 aliphatic rings. The van der Waals surface area contributed by atoms with Gasteiger partial charge < -0.3 is 5.11 Å². The zero-order valence-corrected chi connectivity index (χ0v) is 13.1. The van der Waals surface area contributed by atoms with Crippen LogP contribution in [0.25, 0.3) is 0 Å². The lowest BCUT2D eigenvalue weighted by atomic mass is 10.2. The molecule has 0 saturated carbocycles. The summed E-state index contributed by atoms with van der Waals surface area (Å²) in [6.07, 6.45) is -5.73. The fraction of sp³-hybridized carbons (Fsp3) is 0.364. The lowest BCUT2D eigenvalue weighted by molar-refractivity contribution is -0.135. The van der Waals surface area contributed by atoms with Crippen molar-refractivity contribution in [2.24, 2.45) is 0 Å². The maximum absolute atomic E-state index is 12.1. The molecule has 0 spiro atoms. The van der Waals surface area contributed by atoms with Crippen molar-refractivity contribution >= 4 is 31.9 Å². The first-order valence-corrected chi connectivity index (χ1v) is 7.74. The van der Waals surface area contributed by atoms with Gasteiger partial charge in [-0.2, -0.15) is 13.2 Å². The second-order valence-corrected chi connectivity index (χ2v) is 7.01. The van der Waals surface area contributed by atoms with Gasteiger partial charge in [-0.3, -0.25) is 0 Å². The molecule has 21 heavy (non-hydrogen) atoms. The van der Waals surface area contributed by atoms with Gasteiger partial charge in [0.15, 0.2) is 0 Å². The number of benzene rings is 1. The molecule has 0 aliphatic heterocycles. The Morgan fingerprint density at radius 3 is 2.38 bits per heavy atom. The molecular formula is C11H11BrF3NO4S. The van der Waals surface area contributed by atoms with Crippen LogP contribution >= 0.6 is 15.9 Å². The summed E-state index contributed by atoms with van der Waals surface area (Å²) in [4.78, 5) is 10.5. The number of rotatable bonds is 5. The van der Waals surface area contributed by atoms with Crippen LogP contribution in [0.3, 0.4) is 0 Å². The maximum Gasteiger partial charge on any atom is 0.390 e. The van der Waals surface area contributed by atoms with Crippen LogP contribution in [0, 0.1) is 0 Å². The number of carboxylic acid groups (broad SMARTS) is 1. The van der Waals surface area contributed by atoms with E-state index in [0.29, 0.717) is 4.31 Å². The van der Waals surface area contributed by atoms with Gasteiger partial charge >= 0.3 is 12.1 Å². The van der Waals surface area contributed by atoms with Crippen LogP contribution in [-0.4, -0.2) is 43.6 Å². The van der Waals surface area contributed by atoms with Gasteiger partial charge in [0.1, 0.15) is 0 Å². The Morgan fingerprint density at radius 2 is 1.95 bits per heavy atom. The highest BCUT2D eigenvalue weighted by Crippen LogP contribution is 2.27. The molecule has 1 N–H and O–H groups in total. The van der Waals surface area contributed by atoms with Gasteiger partial charge in [-0.25, -0.2) is 17.5 Å². The summed E-state index contributed by atoms with van der Waals surface area (Å²) < 4.78 is 61.2. The molecule has 0 aromatic heterocycles. The topological polar surface area (TPSA) is 74.7 Å². The summed E-state index contributed by atoms with van der Waals surface area (Å²) in [6, 6.07) is 3.18. The Kier molecular flexibility index (Phi) is 5.40. The van der Waals surface area contributed by atoms with E-state index in [1.807, 2.05) is 0 Å². The molecule has 0 radical (unpaired) electrons. The van der Waals surface area contributed by atoms with Crippen molar-refractivity contribution in [1.29, 1.82) is 0 Å². The van der Waals surface area contributed by atoms with E-state index >= 15 is 0 Å². The molecule has 0 bridgehead atoms. The van der Waals surface area contributed by atoms with E-state index < -0.39 is 35.1 Å². The minimum absolute atomic E-state index is 0.0266. The molecule has 0 unspecified atom stereocenters. The minimum atomic E-state index is -4.46. The lowest BCUT2D eigenvalue weighted by Crippen LogP contribution is -2.31. The quantitative estimate of drug-likeness (QED) is 0.839. The normalized spacial score (nSPS) is 12.7. The Morgan fingerprint density at radius 1 is 1.38 bits per heavy atom. The van der Waals surface area contributed by atoms with Crippen LogP contribution in [0.15, 0.2) is 27.6 Å². The smallest absolute Gasteiger partial charge is 0.390 e. The third-order valence-corrected chi connectivity index (χ3v) is 5.41. The van der Waals surface area contributed by atoms with Gasteiger partial charge in [0.05, 0.1) is 16.9 Å². The zero-order valence-electron chi connectivity index (χ0n) is 10.7. The maximum atomic E-state index is 12.1. The molecule has 0 heterocycles. The van der Waals surface area contributed by atoms with Gasteiger partial charge in [0, 0.05) is 18.1 Å². The molecule has 0 saturated heterocycles. The number of hydrogen-bond acceptors (Lipinski definition) is 3. The summed E-state index contributed by atoms with van der Waals surface area (Å²) in [5.41, 5.74) is -0.140. The van der Waals surface area contributed by atoms with E-state index in [2.05, 4.69) is 15.9 Å². The second-order valence-electron chi connectivity index (χ2n) is 4.14. The van der Waals surface area contributed by atoms with Gasteiger partial charge in [-0.05, 0) is 34.1 Å². The molecule has 118 valence electrons. The molecule has 0 atom stereocenters. The van der Waals surface area contributed by atoms with E-state index in [1.165, 1.54) is 0 Å². The Balaban J connectivity index is 3.05. The monoisotopic (exact) mass is 389 g/mol. The largest absolute Gasteiger partial charge is 0.478 e. The summed E-state index contributed by atoms with van der Waals surface area (Å²) in [7, 11) is -3.11. The van der Waals surface area contributed by atoms with Crippen molar-refractivity contribution in [2.75, 3.05) is 13.6 Å². The van der Waals surface area contributed by atoms with Crippen molar-refractivity contribution in [3.63, 3.8) is 0 Å². The van der Waals surface area contributed by atoms with Crippen LogP contribution in [0.2, 0.25) is 0 Å². The number of carboxylic acids is 1. The molecule has 0 fully saturated rings. The van der Waals surface area contributed by atoms with Crippen molar-refractivity contribution in [3.8, 4) is 0 Å². The van der Waals surface area contributed by atoms with Gasteiger partial charge in [-0.15, -0.1) is 0 Å². The minimum Gasteiger partial charge on any atom is -0.478 e. The third-order valence-electron chi connectivity index (χ3n) is 2.58. The molecule has 1 rings (SSSR count). The van der Waals surface area contributed by atoms with E-state index in [-0.39, 0.29) is 14.9 Å². The van der Waals surface area contributed by atoms with Gasteiger partial charge in [-0.1, -0.05) is 0 Å². The van der Waals surface area contributed by atoms with Crippen molar-refractivity contribution < 1.29 is 31.5 Å². The van der Waals surface area contributed by atoms with E-state index in [4.69, 9.17) is 5.11 Å². The summed E-state index contributed by atoms with van der Waals surface area (Å²) >= 11 is 2.92. The highest BCUT2D eigenvalue weighted by Gasteiger charge is 2.31. The number of sulfonamides is 1. The first-order valence-electron chi connectivity index (χ1n) is 5.51. The third kappa shape index (κ3) is 4.68. The summed E-state index contributed by atoms with van der Waals surface area (Å²) in [6.45, 7) is -0.723. The zero-order chi connectivity index (χ0) is 16.4. The predicted molar refractivity (Wildman–Crippen MR) is 71.6 cm³/mol. The molecule has 0 aliphatic carbocycles. The first kappa shape index (κ1) is 17.9. The predicted octanol–water partition coefficient (Wildman–Crippen LogP) is 2.72. The van der Waals surface area contributed by atoms with Crippen molar-refractivity contribution in [3.05, 3.63) is 28.2 Å². The number of carbonyl (C=O) groups is 1. The van der Waals surface area contributed by atoms with E-state index in [0.717, 1.165) is 25.2 Å². The molecule has 5 nitrogen and oxygen atoms in total. The number of nitrogens with zero attached hydrogens (tertiary/aromatic N) is 1. The first-order chi connectivity index (χ1) is 9.45. The van der Waals surface area contributed by atoms with Crippen molar-refractivity contribution in [2.45, 2.75) is 17.5 Å². The van der Waals surface area contributed by atoms with Crippen LogP contribution in [0.4, 0.5) is 13.2 Å². The van der Waals surface area contributed by atoms with E-state index in [9.17, 15) is 26.4 Å². The molecule has 0 amide bonds. The highest BCUT2D eigenvalue weighted by molar-refractivity contribution is 9.10. The highest BCUT2D eigenvalue weighted by atomic mass is 79.9. The number of alkyl halides is 3. The Labute approximate surface area is 127 Å². The fourth-order valence-electron chi connectivity index (χ4n) is 1.42. The average molecular weight is 390 g/mol. The fourth-order valence-corrected chi connectivity index (χ4v) is 3.62. The SMILES string of the molecule is CN(CCC(F)(F)F)S(=O)(=O)c1ccc(C(=O)O)cc1Br.